The highest BCUT2D eigenvalue weighted by Crippen LogP contribution is 2.21. The number of nitrogens with zero attached hydrogens (tertiary/aromatic N) is 3. The molecule has 0 N–H and O–H groups in total. The van der Waals surface area contributed by atoms with Gasteiger partial charge in [0, 0.05) is 18.9 Å². The van der Waals surface area contributed by atoms with Crippen molar-refractivity contribution in [2.45, 2.75) is 11.6 Å². The van der Waals surface area contributed by atoms with Gasteiger partial charge in [-0.1, -0.05) is 24.3 Å². The molecule has 0 saturated carbocycles. The first-order chi connectivity index (χ1) is 8.55. The Labute approximate surface area is 105 Å². The zero-order valence-corrected chi connectivity index (χ0v) is 10.6. The van der Waals surface area contributed by atoms with Crippen LogP contribution in [0.1, 0.15) is 17.0 Å². The quantitative estimate of drug-likeness (QED) is 0.660. The molecule has 18 heavy (non-hydrogen) atoms. The maximum Gasteiger partial charge on any atom is 0.253 e. The molecule has 0 radical (unpaired) electrons. The average Bonchev–Trinajstić information content (AvgIpc) is 2.63. The molecule has 3 rings (SSSR count). The van der Waals surface area contributed by atoms with Gasteiger partial charge in [0.1, 0.15) is 5.82 Å². The highest BCUT2D eigenvalue weighted by Gasteiger charge is 2.21. The van der Waals surface area contributed by atoms with E-state index in [1.165, 1.54) is 4.57 Å². The van der Waals surface area contributed by atoms with E-state index in [0.29, 0.717) is 12.2 Å². The van der Waals surface area contributed by atoms with Crippen molar-refractivity contribution in [2.24, 2.45) is 0 Å². The first kappa shape index (κ1) is 11.2. The van der Waals surface area contributed by atoms with E-state index in [2.05, 4.69) is 10.2 Å². The van der Waals surface area contributed by atoms with Gasteiger partial charge in [0.05, 0.1) is 0 Å². The van der Waals surface area contributed by atoms with E-state index < -0.39 is 9.84 Å². The Morgan fingerprint density at radius 2 is 2.00 bits per heavy atom. The number of hydrogen-bond donors (Lipinski definition) is 0. The standard InChI is InChI=1S/C12H11N3O2S/c1-18(16,17)12-14-13-11-8-10-5-3-2-4-9(10)6-7-15(11)12/h2-7H,8H2,1H3. The minimum atomic E-state index is -3.37. The second kappa shape index (κ2) is 3.78. The second-order valence-corrected chi connectivity index (χ2v) is 6.14. The summed E-state index contributed by atoms with van der Waals surface area (Å²) in [4.78, 5) is 0. The third kappa shape index (κ3) is 1.74. The molecule has 0 bridgehead atoms. The summed E-state index contributed by atoms with van der Waals surface area (Å²) in [5.74, 6) is 0.636. The molecule has 5 nitrogen and oxygen atoms in total. The monoisotopic (exact) mass is 261 g/mol. The molecule has 0 fully saturated rings. The summed E-state index contributed by atoms with van der Waals surface area (Å²) in [7, 11) is -3.37. The van der Waals surface area contributed by atoms with Crippen molar-refractivity contribution in [3.8, 4) is 0 Å². The molecular formula is C12H11N3O2S. The van der Waals surface area contributed by atoms with Gasteiger partial charge in [-0.3, -0.25) is 4.57 Å². The van der Waals surface area contributed by atoms with E-state index in [-0.39, 0.29) is 5.16 Å². The third-order valence-electron chi connectivity index (χ3n) is 2.87. The number of sulfone groups is 1. The fourth-order valence-electron chi connectivity index (χ4n) is 2.01. The Morgan fingerprint density at radius 1 is 1.22 bits per heavy atom. The van der Waals surface area contributed by atoms with Crippen LogP contribution in [-0.4, -0.2) is 29.4 Å². The van der Waals surface area contributed by atoms with Gasteiger partial charge in [-0.25, -0.2) is 8.42 Å². The van der Waals surface area contributed by atoms with Gasteiger partial charge in [0.2, 0.25) is 9.84 Å². The predicted octanol–water partition coefficient (Wildman–Crippen LogP) is 1.21. The maximum absolute atomic E-state index is 11.6. The van der Waals surface area contributed by atoms with Crippen LogP contribution in [0.25, 0.3) is 12.3 Å². The van der Waals surface area contributed by atoms with E-state index in [9.17, 15) is 8.42 Å². The summed E-state index contributed by atoms with van der Waals surface area (Å²) in [6.07, 6.45) is 5.29. The summed E-state index contributed by atoms with van der Waals surface area (Å²) in [6, 6.07) is 7.90. The molecule has 2 aromatic rings. The Bertz CT molecular complexity index is 744. The first-order valence-corrected chi connectivity index (χ1v) is 7.35. The van der Waals surface area contributed by atoms with Crippen LogP contribution in [0.2, 0.25) is 0 Å². The number of benzene rings is 1. The zero-order valence-electron chi connectivity index (χ0n) is 9.74. The van der Waals surface area contributed by atoms with Crippen LogP contribution in [0.5, 0.6) is 0 Å². The molecule has 1 aromatic carbocycles. The van der Waals surface area contributed by atoms with Crippen LogP contribution in [0, 0.1) is 0 Å². The number of hydrogen-bond acceptors (Lipinski definition) is 4. The SMILES string of the molecule is CS(=O)(=O)c1nnc2n1C=Cc1ccccc1C2. The van der Waals surface area contributed by atoms with Crippen LogP contribution in [-0.2, 0) is 16.3 Å². The van der Waals surface area contributed by atoms with Crippen molar-refractivity contribution in [3.05, 3.63) is 41.2 Å². The van der Waals surface area contributed by atoms with Gasteiger partial charge in [-0.15, -0.1) is 10.2 Å². The molecule has 1 aromatic heterocycles. The molecule has 0 atom stereocenters. The Hall–Kier alpha value is -1.95. The molecule has 0 aliphatic carbocycles. The Morgan fingerprint density at radius 3 is 2.78 bits per heavy atom. The minimum Gasteiger partial charge on any atom is -0.277 e. The van der Waals surface area contributed by atoms with Crippen molar-refractivity contribution in [3.63, 3.8) is 0 Å². The van der Waals surface area contributed by atoms with Gasteiger partial charge in [-0.2, -0.15) is 0 Å². The highest BCUT2D eigenvalue weighted by atomic mass is 32.2. The Kier molecular flexibility index (Phi) is 2.34. The predicted molar refractivity (Wildman–Crippen MR) is 67.6 cm³/mol. The number of aromatic nitrogens is 3. The first-order valence-electron chi connectivity index (χ1n) is 5.45. The lowest BCUT2D eigenvalue weighted by Gasteiger charge is -2.01. The normalized spacial score (nSPS) is 13.8. The molecule has 0 unspecified atom stereocenters. The van der Waals surface area contributed by atoms with Crippen LogP contribution < -0.4 is 0 Å². The summed E-state index contributed by atoms with van der Waals surface area (Å²) >= 11 is 0. The summed E-state index contributed by atoms with van der Waals surface area (Å²) in [6.45, 7) is 0. The molecule has 92 valence electrons. The molecular weight excluding hydrogens is 250 g/mol. The lowest BCUT2D eigenvalue weighted by Crippen LogP contribution is -2.06. The van der Waals surface area contributed by atoms with Crippen LogP contribution in [0.15, 0.2) is 29.4 Å². The average molecular weight is 261 g/mol. The van der Waals surface area contributed by atoms with Crippen molar-refractivity contribution in [2.75, 3.05) is 6.26 Å². The summed E-state index contributed by atoms with van der Waals surface area (Å²) in [5.41, 5.74) is 2.18. The highest BCUT2D eigenvalue weighted by molar-refractivity contribution is 7.90. The van der Waals surface area contributed by atoms with E-state index in [1.807, 2.05) is 30.3 Å². The molecule has 2 heterocycles. The van der Waals surface area contributed by atoms with Crippen molar-refractivity contribution in [1.82, 2.24) is 14.8 Å². The second-order valence-electron chi connectivity index (χ2n) is 4.23. The fourth-order valence-corrected chi connectivity index (χ4v) is 2.73. The molecule has 0 saturated heterocycles. The topological polar surface area (TPSA) is 64.8 Å². The maximum atomic E-state index is 11.6. The van der Waals surface area contributed by atoms with Gasteiger partial charge < -0.3 is 0 Å². The largest absolute Gasteiger partial charge is 0.277 e. The van der Waals surface area contributed by atoms with Gasteiger partial charge >= 0.3 is 0 Å². The molecule has 0 spiro atoms. The van der Waals surface area contributed by atoms with Crippen LogP contribution in [0.4, 0.5) is 0 Å². The van der Waals surface area contributed by atoms with E-state index in [4.69, 9.17) is 0 Å². The summed E-state index contributed by atoms with van der Waals surface area (Å²) < 4.78 is 24.7. The lowest BCUT2D eigenvalue weighted by molar-refractivity contribution is 0.590. The molecule has 1 aliphatic rings. The van der Waals surface area contributed by atoms with E-state index in [1.54, 1.807) is 6.20 Å². The summed E-state index contributed by atoms with van der Waals surface area (Å²) in [5, 5.41) is 7.71. The third-order valence-corrected chi connectivity index (χ3v) is 3.82. The van der Waals surface area contributed by atoms with Crippen molar-refractivity contribution >= 4 is 22.1 Å². The van der Waals surface area contributed by atoms with Crippen molar-refractivity contribution in [1.29, 1.82) is 0 Å². The van der Waals surface area contributed by atoms with E-state index >= 15 is 0 Å². The fraction of sp³-hybridized carbons (Fsp3) is 0.167. The van der Waals surface area contributed by atoms with Crippen LogP contribution in [0.3, 0.4) is 0 Å². The van der Waals surface area contributed by atoms with Gasteiger partial charge in [-0.05, 0) is 17.2 Å². The Balaban J connectivity index is 2.20. The van der Waals surface area contributed by atoms with Gasteiger partial charge in [0.25, 0.3) is 5.16 Å². The van der Waals surface area contributed by atoms with Crippen molar-refractivity contribution < 1.29 is 8.42 Å². The van der Waals surface area contributed by atoms with Gasteiger partial charge in [0.15, 0.2) is 0 Å². The molecule has 0 amide bonds. The smallest absolute Gasteiger partial charge is 0.253 e. The van der Waals surface area contributed by atoms with Crippen LogP contribution >= 0.6 is 0 Å². The molecule has 1 aliphatic heterocycles. The minimum absolute atomic E-state index is 0.0124. The number of fused-ring (bicyclic) bond motifs is 2. The molecule has 6 heteroatoms. The zero-order chi connectivity index (χ0) is 12.8. The number of rotatable bonds is 1. The lowest BCUT2D eigenvalue weighted by atomic mass is 10.1. The van der Waals surface area contributed by atoms with E-state index in [0.717, 1.165) is 17.4 Å².